The number of benzene rings is 4. The molecule has 0 heteroatoms. The third-order valence-corrected chi connectivity index (χ3v) is 10.6. The van der Waals surface area contributed by atoms with Crippen molar-refractivity contribution in [3.05, 3.63) is 119 Å². The largest absolute Gasteiger partial charge is 0.0651 e. The summed E-state index contributed by atoms with van der Waals surface area (Å²) in [6.45, 7) is 6.96. The van der Waals surface area contributed by atoms with Gasteiger partial charge < -0.3 is 0 Å². The van der Waals surface area contributed by atoms with E-state index in [0.717, 1.165) is 23.7 Å². The summed E-state index contributed by atoms with van der Waals surface area (Å²) in [7, 11) is 0. The van der Waals surface area contributed by atoms with Crippen LogP contribution in [-0.4, -0.2) is 0 Å². The second kappa shape index (κ2) is 12.8. The maximum absolute atomic E-state index is 2.55. The van der Waals surface area contributed by atoms with Crippen LogP contribution in [0.15, 0.2) is 97.1 Å². The normalized spacial score (nSPS) is 24.7. The van der Waals surface area contributed by atoms with Gasteiger partial charge >= 0.3 is 0 Å². The van der Waals surface area contributed by atoms with Crippen molar-refractivity contribution in [3.8, 4) is 22.3 Å². The lowest BCUT2D eigenvalue weighted by atomic mass is 9.63. The van der Waals surface area contributed by atoms with Crippen LogP contribution in [0.4, 0.5) is 0 Å². The van der Waals surface area contributed by atoms with Crippen molar-refractivity contribution < 1.29 is 0 Å². The minimum atomic E-state index is 0.714. The minimum absolute atomic E-state index is 0.714. The summed E-state index contributed by atoms with van der Waals surface area (Å²) in [5, 5.41) is 0. The molecule has 0 aliphatic heterocycles. The monoisotopic (exact) mass is 540 g/mol. The lowest BCUT2D eigenvalue weighted by molar-refractivity contribution is 0.119. The third kappa shape index (κ3) is 6.53. The Hall–Kier alpha value is -3.12. The highest BCUT2D eigenvalue weighted by Gasteiger charge is 2.36. The van der Waals surface area contributed by atoms with E-state index in [2.05, 4.69) is 118 Å². The third-order valence-electron chi connectivity index (χ3n) is 10.6. The average Bonchev–Trinajstić information content (AvgIpc) is 3.02. The molecule has 0 N–H and O–H groups in total. The molecule has 0 aromatic heterocycles. The Balaban J connectivity index is 1.11. The van der Waals surface area contributed by atoms with Crippen LogP contribution in [0.3, 0.4) is 0 Å². The van der Waals surface area contributed by atoms with E-state index < -0.39 is 0 Å². The predicted octanol–water partition coefficient (Wildman–Crippen LogP) is 11.8. The van der Waals surface area contributed by atoms with Crippen LogP contribution in [0.1, 0.15) is 99.3 Å². The average molecular weight is 541 g/mol. The first-order chi connectivity index (χ1) is 20.1. The van der Waals surface area contributed by atoms with Crippen LogP contribution >= 0.6 is 0 Å². The molecule has 0 radical (unpaired) electrons. The topological polar surface area (TPSA) is 0 Å². The van der Waals surface area contributed by atoms with Crippen LogP contribution in [0.25, 0.3) is 22.3 Å². The number of rotatable bonds is 7. The molecule has 0 spiro atoms. The van der Waals surface area contributed by atoms with Crippen molar-refractivity contribution in [2.75, 3.05) is 0 Å². The summed E-state index contributed by atoms with van der Waals surface area (Å²) in [5.41, 5.74) is 11.2. The van der Waals surface area contributed by atoms with Gasteiger partial charge in [-0.05, 0) is 114 Å². The van der Waals surface area contributed by atoms with E-state index in [1.54, 1.807) is 11.1 Å². The Kier molecular flexibility index (Phi) is 8.75. The zero-order chi connectivity index (χ0) is 28.2. The zero-order valence-electron chi connectivity index (χ0n) is 25.5. The summed E-state index contributed by atoms with van der Waals surface area (Å²) < 4.78 is 0. The van der Waals surface area contributed by atoms with Gasteiger partial charge in [0.1, 0.15) is 0 Å². The van der Waals surface area contributed by atoms with Gasteiger partial charge in [-0.3, -0.25) is 0 Å². The summed E-state index contributed by atoms with van der Waals surface area (Å²) >= 11 is 0. The molecule has 212 valence electrons. The van der Waals surface area contributed by atoms with E-state index in [1.807, 2.05) is 0 Å². The first-order valence-electron chi connectivity index (χ1n) is 16.4. The summed E-state index contributed by atoms with van der Waals surface area (Å²) in [5.74, 6) is 4.00. The Morgan fingerprint density at radius 3 is 1.63 bits per heavy atom. The second-order valence-electron chi connectivity index (χ2n) is 13.3. The molecule has 4 aromatic rings. The lowest BCUT2D eigenvalue weighted by Gasteiger charge is -2.42. The minimum Gasteiger partial charge on any atom is -0.0651 e. The first kappa shape index (κ1) is 28.0. The van der Waals surface area contributed by atoms with Gasteiger partial charge in [-0.15, -0.1) is 0 Å². The number of aryl methyl sites for hydroxylation is 2. The van der Waals surface area contributed by atoms with Gasteiger partial charge in [0.25, 0.3) is 0 Å². The van der Waals surface area contributed by atoms with Gasteiger partial charge in [-0.25, -0.2) is 0 Å². The van der Waals surface area contributed by atoms with Crippen LogP contribution < -0.4 is 0 Å². The molecule has 4 aromatic carbocycles. The Morgan fingerprint density at radius 2 is 1.07 bits per heavy atom. The quantitative estimate of drug-likeness (QED) is 0.219. The Labute approximate surface area is 249 Å². The fourth-order valence-electron chi connectivity index (χ4n) is 8.03. The Morgan fingerprint density at radius 1 is 0.561 bits per heavy atom. The van der Waals surface area contributed by atoms with Crippen molar-refractivity contribution in [2.45, 2.75) is 90.4 Å². The number of hydrogen-bond donors (Lipinski definition) is 0. The van der Waals surface area contributed by atoms with Gasteiger partial charge in [0.05, 0.1) is 0 Å². The molecule has 0 saturated heterocycles. The molecule has 0 amide bonds. The van der Waals surface area contributed by atoms with Crippen molar-refractivity contribution in [1.29, 1.82) is 0 Å². The van der Waals surface area contributed by atoms with Crippen LogP contribution in [0.2, 0.25) is 0 Å². The van der Waals surface area contributed by atoms with Crippen molar-refractivity contribution in [2.24, 2.45) is 17.8 Å². The highest BCUT2D eigenvalue weighted by atomic mass is 14.4. The highest BCUT2D eigenvalue weighted by molar-refractivity contribution is 5.65. The maximum Gasteiger partial charge on any atom is -0.0159 e. The molecule has 5 unspecified atom stereocenters. The van der Waals surface area contributed by atoms with Crippen LogP contribution in [-0.2, 0) is 6.42 Å². The van der Waals surface area contributed by atoms with E-state index in [4.69, 9.17) is 0 Å². The van der Waals surface area contributed by atoms with Crippen molar-refractivity contribution in [1.82, 2.24) is 0 Å². The lowest BCUT2D eigenvalue weighted by Crippen LogP contribution is -2.31. The molecular formula is C41H48. The van der Waals surface area contributed by atoms with E-state index in [-0.39, 0.29) is 0 Å². The smallest absolute Gasteiger partial charge is 0.0159 e. The van der Waals surface area contributed by atoms with Gasteiger partial charge in [-0.1, -0.05) is 136 Å². The SMILES string of the molecule is CCCc1ccc(-c2ccc(C3CCC(C)C(C4CCCC(c5ccc(-c6ccc(C)cc6)cc5)C4)C3)cc2)cc1. The number of hydrogen-bond acceptors (Lipinski definition) is 0. The van der Waals surface area contributed by atoms with E-state index in [1.165, 1.54) is 91.2 Å². The molecule has 0 nitrogen and oxygen atoms in total. The van der Waals surface area contributed by atoms with Crippen molar-refractivity contribution >= 4 is 0 Å². The van der Waals surface area contributed by atoms with Crippen molar-refractivity contribution in [3.63, 3.8) is 0 Å². The molecule has 0 bridgehead atoms. The van der Waals surface area contributed by atoms with Crippen LogP contribution in [0, 0.1) is 24.7 Å². The van der Waals surface area contributed by atoms with Crippen LogP contribution in [0.5, 0.6) is 0 Å². The molecule has 41 heavy (non-hydrogen) atoms. The maximum atomic E-state index is 2.55. The molecular weight excluding hydrogens is 492 g/mol. The zero-order valence-corrected chi connectivity index (χ0v) is 25.5. The fraction of sp³-hybridized carbons (Fsp3) is 0.415. The molecule has 5 atom stereocenters. The predicted molar refractivity (Wildman–Crippen MR) is 176 cm³/mol. The second-order valence-corrected chi connectivity index (χ2v) is 13.3. The first-order valence-corrected chi connectivity index (χ1v) is 16.4. The molecule has 2 aliphatic carbocycles. The molecule has 6 rings (SSSR count). The molecule has 2 aliphatic rings. The summed E-state index contributed by atoms with van der Waals surface area (Å²) in [6.07, 6.45) is 12.0. The van der Waals surface area contributed by atoms with E-state index in [0.29, 0.717) is 5.92 Å². The van der Waals surface area contributed by atoms with Gasteiger partial charge in [0, 0.05) is 0 Å². The summed E-state index contributed by atoms with van der Waals surface area (Å²) in [4.78, 5) is 0. The standard InChI is InChI=1S/C41H48/c1-4-6-31-12-17-33(18-13-31)35-21-25-37(26-22-35)39-16-11-30(3)41(28-39)40-8-5-7-38(27-40)36-23-19-34(20-24-36)32-14-9-29(2)10-15-32/h9-10,12-15,17-26,30,38-41H,4-8,11,16,27-28H2,1-3H3. The van der Waals surface area contributed by atoms with E-state index >= 15 is 0 Å². The van der Waals surface area contributed by atoms with Gasteiger partial charge in [0.15, 0.2) is 0 Å². The molecule has 2 saturated carbocycles. The van der Waals surface area contributed by atoms with Gasteiger partial charge in [0.2, 0.25) is 0 Å². The Bertz CT molecular complexity index is 1370. The van der Waals surface area contributed by atoms with E-state index in [9.17, 15) is 0 Å². The molecule has 0 heterocycles. The molecule has 2 fully saturated rings. The summed E-state index contributed by atoms with van der Waals surface area (Å²) in [6, 6.07) is 37.3. The highest BCUT2D eigenvalue weighted by Crippen LogP contribution is 2.49. The fourth-order valence-corrected chi connectivity index (χ4v) is 8.03. The van der Waals surface area contributed by atoms with Gasteiger partial charge in [-0.2, -0.15) is 0 Å².